The van der Waals surface area contributed by atoms with Gasteiger partial charge >= 0.3 is 0 Å². The minimum absolute atomic E-state index is 0.246. The molecule has 1 N–H and O–H groups in total. The van der Waals surface area contributed by atoms with Crippen molar-refractivity contribution in [1.29, 1.82) is 0 Å². The van der Waals surface area contributed by atoms with Gasteiger partial charge in [0.1, 0.15) is 0 Å². The van der Waals surface area contributed by atoms with Gasteiger partial charge in [-0.3, -0.25) is 9.89 Å². The highest BCUT2D eigenvalue weighted by atomic mass is 16.2. The molecule has 98 valence electrons. The van der Waals surface area contributed by atoms with Crippen LogP contribution in [0.2, 0.25) is 0 Å². The maximum atomic E-state index is 11.9. The molecule has 1 heterocycles. The van der Waals surface area contributed by atoms with Crippen LogP contribution in [0.25, 0.3) is 11.3 Å². The second kappa shape index (κ2) is 4.88. The van der Waals surface area contributed by atoms with Crippen molar-refractivity contribution in [2.24, 2.45) is 5.92 Å². The number of carbonyl (C=O) groups is 1. The van der Waals surface area contributed by atoms with Gasteiger partial charge in [0.05, 0.1) is 17.9 Å². The molecule has 0 bridgehead atoms. The Hall–Kier alpha value is -2.10. The summed E-state index contributed by atoms with van der Waals surface area (Å²) < 4.78 is 0. The summed E-state index contributed by atoms with van der Waals surface area (Å²) >= 11 is 0. The summed E-state index contributed by atoms with van der Waals surface area (Å²) in [5, 5.41) is 7.30. The number of H-pyrrole nitrogens is 1. The molecule has 4 heteroatoms. The van der Waals surface area contributed by atoms with E-state index in [2.05, 4.69) is 10.2 Å². The van der Waals surface area contributed by atoms with Crippen LogP contribution >= 0.6 is 0 Å². The van der Waals surface area contributed by atoms with Gasteiger partial charge in [-0.2, -0.15) is 5.10 Å². The first-order valence-electron chi connectivity index (χ1n) is 6.59. The normalized spacial score (nSPS) is 14.4. The van der Waals surface area contributed by atoms with Gasteiger partial charge in [0.2, 0.25) is 5.91 Å². The van der Waals surface area contributed by atoms with Gasteiger partial charge < -0.3 is 4.90 Å². The molecule has 0 saturated heterocycles. The van der Waals surface area contributed by atoms with E-state index in [1.165, 1.54) is 0 Å². The fraction of sp³-hybridized carbons (Fsp3) is 0.333. The summed E-state index contributed by atoms with van der Waals surface area (Å²) in [6.07, 6.45) is 2.09. The summed E-state index contributed by atoms with van der Waals surface area (Å²) in [5.41, 5.74) is 2.97. The molecule has 0 aliphatic heterocycles. The Balaban J connectivity index is 1.69. The minimum atomic E-state index is 0.246. The lowest BCUT2D eigenvalue weighted by molar-refractivity contribution is -0.131. The zero-order valence-electron chi connectivity index (χ0n) is 11.0. The number of amides is 1. The van der Waals surface area contributed by atoms with E-state index in [0.29, 0.717) is 6.54 Å². The van der Waals surface area contributed by atoms with Gasteiger partial charge in [-0.15, -0.1) is 0 Å². The molecule has 1 aliphatic carbocycles. The smallest absolute Gasteiger partial charge is 0.225 e. The zero-order valence-corrected chi connectivity index (χ0v) is 11.0. The molecule has 3 rings (SSSR count). The van der Waals surface area contributed by atoms with Crippen molar-refractivity contribution in [2.75, 3.05) is 7.05 Å². The van der Waals surface area contributed by atoms with Gasteiger partial charge in [0.15, 0.2) is 0 Å². The van der Waals surface area contributed by atoms with Crippen LogP contribution in [0.1, 0.15) is 18.5 Å². The Morgan fingerprint density at radius 1 is 1.37 bits per heavy atom. The Bertz CT molecular complexity index is 572. The Morgan fingerprint density at radius 2 is 2.11 bits per heavy atom. The first-order valence-corrected chi connectivity index (χ1v) is 6.59. The molecule has 0 radical (unpaired) electrons. The second-order valence-electron chi connectivity index (χ2n) is 5.11. The number of carbonyl (C=O) groups excluding carboxylic acids is 1. The summed E-state index contributed by atoms with van der Waals surface area (Å²) in [4.78, 5) is 13.7. The summed E-state index contributed by atoms with van der Waals surface area (Å²) in [6.45, 7) is 0.592. The lowest BCUT2D eigenvalue weighted by Crippen LogP contribution is -2.27. The number of hydrogen-bond donors (Lipinski definition) is 1. The van der Waals surface area contributed by atoms with Gasteiger partial charge in [0, 0.05) is 18.5 Å². The molecule has 19 heavy (non-hydrogen) atoms. The fourth-order valence-corrected chi connectivity index (χ4v) is 2.17. The average Bonchev–Trinajstić information content (AvgIpc) is 3.19. The third-order valence-electron chi connectivity index (χ3n) is 3.41. The Labute approximate surface area is 112 Å². The number of hydrogen-bond acceptors (Lipinski definition) is 2. The molecule has 1 aromatic carbocycles. The summed E-state index contributed by atoms with van der Waals surface area (Å²) in [7, 11) is 1.85. The lowest BCUT2D eigenvalue weighted by atomic mass is 10.1. The quantitative estimate of drug-likeness (QED) is 0.912. The molecule has 1 fully saturated rings. The Kier molecular flexibility index (Phi) is 3.07. The molecular formula is C15H17N3O. The highest BCUT2D eigenvalue weighted by molar-refractivity contribution is 5.80. The van der Waals surface area contributed by atoms with E-state index in [1.54, 1.807) is 4.90 Å². The van der Waals surface area contributed by atoms with Crippen molar-refractivity contribution in [1.82, 2.24) is 15.1 Å². The molecule has 1 aromatic heterocycles. The zero-order chi connectivity index (χ0) is 13.2. The standard InChI is InChI=1S/C15H17N3O/c1-18(15(19)12-7-8-12)10-13-9-14(17-16-13)11-5-3-2-4-6-11/h2-6,9,12H,7-8,10H2,1H3,(H,16,17). The van der Waals surface area contributed by atoms with Gasteiger partial charge in [-0.25, -0.2) is 0 Å². The van der Waals surface area contributed by atoms with Crippen molar-refractivity contribution in [3.63, 3.8) is 0 Å². The van der Waals surface area contributed by atoms with E-state index >= 15 is 0 Å². The van der Waals surface area contributed by atoms with E-state index in [4.69, 9.17) is 0 Å². The first-order chi connectivity index (χ1) is 9.24. The second-order valence-corrected chi connectivity index (χ2v) is 5.11. The molecule has 1 saturated carbocycles. The van der Waals surface area contributed by atoms with Crippen molar-refractivity contribution < 1.29 is 4.79 Å². The van der Waals surface area contributed by atoms with E-state index in [9.17, 15) is 4.79 Å². The highest BCUT2D eigenvalue weighted by Gasteiger charge is 2.32. The van der Waals surface area contributed by atoms with Crippen LogP contribution in [0, 0.1) is 5.92 Å². The molecule has 0 unspecified atom stereocenters. The number of nitrogens with zero attached hydrogens (tertiary/aromatic N) is 2. The SMILES string of the molecule is CN(Cc1cc(-c2ccccc2)n[nH]1)C(=O)C1CC1. The molecule has 2 aromatic rings. The number of nitrogens with one attached hydrogen (secondary N) is 1. The predicted molar refractivity (Wildman–Crippen MR) is 73.2 cm³/mol. The number of aromatic nitrogens is 2. The molecule has 4 nitrogen and oxygen atoms in total. The van der Waals surface area contributed by atoms with Crippen molar-refractivity contribution in [3.8, 4) is 11.3 Å². The van der Waals surface area contributed by atoms with Crippen LogP contribution < -0.4 is 0 Å². The van der Waals surface area contributed by atoms with E-state index < -0.39 is 0 Å². The van der Waals surface area contributed by atoms with Crippen LogP contribution in [0.15, 0.2) is 36.4 Å². The molecule has 1 amide bonds. The maximum absolute atomic E-state index is 11.9. The maximum Gasteiger partial charge on any atom is 0.225 e. The topological polar surface area (TPSA) is 49.0 Å². The largest absolute Gasteiger partial charge is 0.340 e. The minimum Gasteiger partial charge on any atom is -0.340 e. The first kappa shape index (κ1) is 12.0. The van der Waals surface area contributed by atoms with E-state index in [-0.39, 0.29) is 11.8 Å². The van der Waals surface area contributed by atoms with Crippen LogP contribution in [0.3, 0.4) is 0 Å². The van der Waals surface area contributed by atoms with Gasteiger partial charge in [-0.05, 0) is 18.9 Å². The fourth-order valence-electron chi connectivity index (χ4n) is 2.17. The summed E-state index contributed by atoms with van der Waals surface area (Å²) in [6, 6.07) is 12.0. The van der Waals surface area contributed by atoms with Crippen molar-refractivity contribution in [3.05, 3.63) is 42.1 Å². The average molecular weight is 255 g/mol. The third-order valence-corrected chi connectivity index (χ3v) is 3.41. The van der Waals surface area contributed by atoms with Crippen LogP contribution in [-0.2, 0) is 11.3 Å². The lowest BCUT2D eigenvalue weighted by Gasteiger charge is -2.15. The molecule has 1 aliphatic rings. The molecule has 0 spiro atoms. The van der Waals surface area contributed by atoms with Crippen LogP contribution in [0.4, 0.5) is 0 Å². The monoisotopic (exact) mass is 255 g/mol. The number of rotatable bonds is 4. The van der Waals surface area contributed by atoms with E-state index in [1.807, 2.05) is 43.4 Å². The molecular weight excluding hydrogens is 238 g/mol. The predicted octanol–water partition coefficient (Wildman–Crippen LogP) is 2.45. The van der Waals surface area contributed by atoms with E-state index in [0.717, 1.165) is 29.8 Å². The summed E-state index contributed by atoms with van der Waals surface area (Å²) in [5.74, 6) is 0.511. The van der Waals surface area contributed by atoms with Crippen molar-refractivity contribution in [2.45, 2.75) is 19.4 Å². The number of aromatic amines is 1. The van der Waals surface area contributed by atoms with Crippen LogP contribution in [0.5, 0.6) is 0 Å². The third kappa shape index (κ3) is 2.67. The Morgan fingerprint density at radius 3 is 2.79 bits per heavy atom. The van der Waals surface area contributed by atoms with Gasteiger partial charge in [0.25, 0.3) is 0 Å². The van der Waals surface area contributed by atoms with Crippen molar-refractivity contribution >= 4 is 5.91 Å². The highest BCUT2D eigenvalue weighted by Crippen LogP contribution is 2.31. The number of benzene rings is 1. The van der Waals surface area contributed by atoms with Crippen LogP contribution in [-0.4, -0.2) is 28.1 Å². The van der Waals surface area contributed by atoms with Gasteiger partial charge in [-0.1, -0.05) is 30.3 Å². The molecule has 0 atom stereocenters.